The molecule has 1 aromatic heterocycles. The lowest BCUT2D eigenvalue weighted by atomic mass is 10.00. The van der Waals surface area contributed by atoms with Crippen LogP contribution in [0.4, 0.5) is 0 Å². The summed E-state index contributed by atoms with van der Waals surface area (Å²) in [6.07, 6.45) is 2.57. The summed E-state index contributed by atoms with van der Waals surface area (Å²) in [6.45, 7) is 4.80. The first-order chi connectivity index (χ1) is 9.47. The predicted molar refractivity (Wildman–Crippen MR) is 79.4 cm³/mol. The predicted octanol–water partition coefficient (Wildman–Crippen LogP) is 1.48. The Labute approximate surface area is 119 Å². The topological polar surface area (TPSA) is 65.8 Å². The minimum atomic E-state index is -0.226. The van der Waals surface area contributed by atoms with Crippen LogP contribution in [0.15, 0.2) is 35.4 Å². The van der Waals surface area contributed by atoms with Crippen LogP contribution in [0.5, 0.6) is 0 Å². The Hall–Kier alpha value is -1.88. The molecule has 2 rings (SSSR count). The van der Waals surface area contributed by atoms with Crippen LogP contribution in [0.3, 0.4) is 0 Å². The Kier molecular flexibility index (Phi) is 4.39. The zero-order chi connectivity index (χ0) is 14.7. The van der Waals surface area contributed by atoms with E-state index in [1.54, 1.807) is 7.05 Å². The minimum Gasteiger partial charge on any atom is -0.322 e. The third kappa shape index (κ3) is 3.36. The van der Waals surface area contributed by atoms with E-state index in [4.69, 9.17) is 5.73 Å². The summed E-state index contributed by atoms with van der Waals surface area (Å²) in [6, 6.07) is 8.06. The Morgan fingerprint density at radius 2 is 1.90 bits per heavy atom. The van der Waals surface area contributed by atoms with Crippen molar-refractivity contribution in [3.63, 3.8) is 0 Å². The van der Waals surface area contributed by atoms with Gasteiger partial charge in [-0.1, -0.05) is 38.1 Å². The van der Waals surface area contributed by atoms with Crippen molar-refractivity contribution in [3.8, 4) is 0 Å². The molecule has 0 bridgehead atoms. The van der Waals surface area contributed by atoms with Gasteiger partial charge in [-0.25, -0.2) is 9.48 Å². The number of aryl methyl sites for hydroxylation is 1. The average molecular weight is 274 g/mol. The zero-order valence-electron chi connectivity index (χ0n) is 12.3. The van der Waals surface area contributed by atoms with E-state index in [0.717, 1.165) is 12.0 Å². The SMILES string of the molecule is CC(C)Cc1ccc(C(N)Cn2ncn(C)c2=O)cc1. The summed E-state index contributed by atoms with van der Waals surface area (Å²) < 4.78 is 2.84. The van der Waals surface area contributed by atoms with Crippen molar-refractivity contribution in [1.82, 2.24) is 14.3 Å². The molecule has 20 heavy (non-hydrogen) atoms. The van der Waals surface area contributed by atoms with Gasteiger partial charge >= 0.3 is 5.69 Å². The van der Waals surface area contributed by atoms with Crippen molar-refractivity contribution < 1.29 is 0 Å². The number of nitrogens with two attached hydrogens (primary N) is 1. The van der Waals surface area contributed by atoms with Crippen LogP contribution in [0.1, 0.15) is 31.0 Å². The van der Waals surface area contributed by atoms with E-state index in [-0.39, 0.29) is 11.7 Å². The first-order valence-corrected chi connectivity index (χ1v) is 6.90. The summed E-state index contributed by atoms with van der Waals surface area (Å²) in [5.74, 6) is 0.640. The van der Waals surface area contributed by atoms with Crippen molar-refractivity contribution in [2.75, 3.05) is 0 Å². The molecule has 0 aliphatic rings. The molecular weight excluding hydrogens is 252 g/mol. The van der Waals surface area contributed by atoms with E-state index < -0.39 is 0 Å². The minimum absolute atomic E-state index is 0.142. The van der Waals surface area contributed by atoms with Gasteiger partial charge in [-0.05, 0) is 23.5 Å². The van der Waals surface area contributed by atoms with Crippen LogP contribution in [-0.4, -0.2) is 14.3 Å². The van der Waals surface area contributed by atoms with Crippen molar-refractivity contribution in [2.24, 2.45) is 18.7 Å². The second kappa shape index (κ2) is 6.05. The molecule has 0 aliphatic heterocycles. The summed E-state index contributed by atoms with van der Waals surface area (Å²) in [5.41, 5.74) is 8.34. The molecule has 1 unspecified atom stereocenters. The van der Waals surface area contributed by atoms with Gasteiger partial charge in [0.05, 0.1) is 6.54 Å². The Balaban J connectivity index is 2.07. The molecule has 0 aliphatic carbocycles. The van der Waals surface area contributed by atoms with Crippen LogP contribution >= 0.6 is 0 Å². The fraction of sp³-hybridized carbons (Fsp3) is 0.467. The molecule has 0 saturated heterocycles. The second-order valence-electron chi connectivity index (χ2n) is 5.65. The number of rotatable bonds is 5. The van der Waals surface area contributed by atoms with E-state index in [2.05, 4.69) is 31.1 Å². The summed E-state index contributed by atoms with van der Waals surface area (Å²) >= 11 is 0. The van der Waals surface area contributed by atoms with Crippen LogP contribution in [0, 0.1) is 5.92 Å². The van der Waals surface area contributed by atoms with Crippen molar-refractivity contribution in [2.45, 2.75) is 32.9 Å². The van der Waals surface area contributed by atoms with Gasteiger partial charge in [-0.2, -0.15) is 5.10 Å². The molecule has 5 nitrogen and oxygen atoms in total. The van der Waals surface area contributed by atoms with Crippen LogP contribution in [-0.2, 0) is 20.0 Å². The molecule has 1 heterocycles. The van der Waals surface area contributed by atoms with Crippen LogP contribution < -0.4 is 11.4 Å². The highest BCUT2D eigenvalue weighted by molar-refractivity contribution is 5.25. The van der Waals surface area contributed by atoms with Gasteiger partial charge in [0, 0.05) is 13.1 Å². The molecule has 5 heteroatoms. The van der Waals surface area contributed by atoms with Crippen molar-refractivity contribution in [3.05, 3.63) is 52.2 Å². The first-order valence-electron chi connectivity index (χ1n) is 6.90. The van der Waals surface area contributed by atoms with Gasteiger partial charge in [-0.15, -0.1) is 0 Å². The monoisotopic (exact) mass is 274 g/mol. The Bertz CT molecular complexity index is 610. The lowest BCUT2D eigenvalue weighted by Crippen LogP contribution is -2.28. The van der Waals surface area contributed by atoms with E-state index in [0.29, 0.717) is 12.5 Å². The number of benzene rings is 1. The molecule has 1 aromatic carbocycles. The van der Waals surface area contributed by atoms with Gasteiger partial charge in [0.15, 0.2) is 0 Å². The van der Waals surface area contributed by atoms with Crippen LogP contribution in [0.2, 0.25) is 0 Å². The molecule has 2 N–H and O–H groups in total. The third-order valence-electron chi connectivity index (χ3n) is 3.31. The lowest BCUT2D eigenvalue weighted by Gasteiger charge is -2.12. The van der Waals surface area contributed by atoms with E-state index >= 15 is 0 Å². The van der Waals surface area contributed by atoms with Gasteiger partial charge in [0.25, 0.3) is 0 Å². The quantitative estimate of drug-likeness (QED) is 0.898. The maximum atomic E-state index is 11.7. The number of nitrogens with zero attached hydrogens (tertiary/aromatic N) is 3. The summed E-state index contributed by atoms with van der Waals surface area (Å²) in [5, 5.41) is 4.02. The van der Waals surface area contributed by atoms with Gasteiger partial charge in [0.2, 0.25) is 0 Å². The number of hydrogen-bond donors (Lipinski definition) is 1. The van der Waals surface area contributed by atoms with Crippen molar-refractivity contribution in [1.29, 1.82) is 0 Å². The van der Waals surface area contributed by atoms with E-state index in [9.17, 15) is 4.79 Å². The Morgan fingerprint density at radius 3 is 2.40 bits per heavy atom. The summed E-state index contributed by atoms with van der Waals surface area (Å²) in [4.78, 5) is 11.7. The van der Waals surface area contributed by atoms with Gasteiger partial charge in [0.1, 0.15) is 6.33 Å². The lowest BCUT2D eigenvalue weighted by molar-refractivity contribution is 0.508. The fourth-order valence-electron chi connectivity index (χ4n) is 2.21. The molecule has 0 fully saturated rings. The highest BCUT2D eigenvalue weighted by atomic mass is 16.2. The highest BCUT2D eigenvalue weighted by Crippen LogP contribution is 2.15. The molecular formula is C15H22N4O. The molecule has 2 aromatic rings. The maximum Gasteiger partial charge on any atom is 0.345 e. The number of aromatic nitrogens is 3. The molecule has 0 radical (unpaired) electrons. The average Bonchev–Trinajstić information content (AvgIpc) is 2.71. The molecule has 0 saturated carbocycles. The largest absolute Gasteiger partial charge is 0.345 e. The molecule has 0 amide bonds. The number of hydrogen-bond acceptors (Lipinski definition) is 3. The third-order valence-corrected chi connectivity index (χ3v) is 3.31. The standard InChI is InChI=1S/C15H22N4O/c1-11(2)8-12-4-6-13(7-5-12)14(16)9-19-15(20)18(3)10-17-19/h4-7,10-11,14H,8-9,16H2,1-3H3. The van der Waals surface area contributed by atoms with Crippen LogP contribution in [0.25, 0.3) is 0 Å². The molecule has 0 spiro atoms. The molecule has 1 atom stereocenters. The van der Waals surface area contributed by atoms with E-state index in [1.807, 2.05) is 12.1 Å². The van der Waals surface area contributed by atoms with Crippen molar-refractivity contribution >= 4 is 0 Å². The van der Waals surface area contributed by atoms with Gasteiger partial charge < -0.3 is 5.73 Å². The normalized spacial score (nSPS) is 12.8. The smallest absolute Gasteiger partial charge is 0.322 e. The summed E-state index contributed by atoms with van der Waals surface area (Å²) in [7, 11) is 1.68. The van der Waals surface area contributed by atoms with Gasteiger partial charge in [-0.3, -0.25) is 4.57 Å². The zero-order valence-corrected chi connectivity index (χ0v) is 12.3. The first kappa shape index (κ1) is 14.5. The van der Waals surface area contributed by atoms with E-state index in [1.165, 1.54) is 21.1 Å². The fourth-order valence-corrected chi connectivity index (χ4v) is 2.21. The highest BCUT2D eigenvalue weighted by Gasteiger charge is 2.10. The molecule has 108 valence electrons. The Morgan fingerprint density at radius 1 is 1.25 bits per heavy atom. The maximum absolute atomic E-state index is 11.7. The second-order valence-corrected chi connectivity index (χ2v) is 5.65.